The number of carbonyl (C=O) groups is 2. The quantitative estimate of drug-likeness (QED) is 0.762. The van der Waals surface area contributed by atoms with Crippen molar-refractivity contribution >= 4 is 23.2 Å². The first kappa shape index (κ1) is 16.2. The maximum atomic E-state index is 11.9. The smallest absolute Gasteiger partial charge is 0.224 e. The van der Waals surface area contributed by atoms with Crippen LogP contribution in [0.25, 0.3) is 0 Å². The number of hydrogen-bond acceptors (Lipinski definition) is 6. The largest absolute Gasteiger partial charge is 0.326 e. The van der Waals surface area contributed by atoms with E-state index in [2.05, 4.69) is 31.1 Å². The van der Waals surface area contributed by atoms with E-state index in [1.807, 2.05) is 13.8 Å². The summed E-state index contributed by atoms with van der Waals surface area (Å²) < 4.78 is 0. The van der Waals surface area contributed by atoms with E-state index in [1.54, 1.807) is 24.3 Å². The third-order valence-corrected chi connectivity index (χ3v) is 3.99. The highest BCUT2D eigenvalue weighted by Gasteiger charge is 2.34. The predicted octanol–water partition coefficient (Wildman–Crippen LogP) is 3.49. The van der Waals surface area contributed by atoms with Gasteiger partial charge in [-0.3, -0.25) is 9.59 Å². The standard InChI is InChI=1S/C16H20N6O2/c1-15(19-20-15)9-7-13(23)17-11-3-5-12(6-4-11)18-14(24)8-10-16(2)21-22-16/h3-6H,7-10H2,1-2H3,(H,17,23)(H,18,24). The molecule has 0 radical (unpaired) electrons. The van der Waals surface area contributed by atoms with Crippen LogP contribution in [-0.4, -0.2) is 23.1 Å². The third kappa shape index (κ3) is 4.68. The molecule has 0 unspecified atom stereocenters. The van der Waals surface area contributed by atoms with E-state index in [0.29, 0.717) is 37.1 Å². The van der Waals surface area contributed by atoms with Crippen molar-refractivity contribution in [3.63, 3.8) is 0 Å². The van der Waals surface area contributed by atoms with Crippen LogP contribution in [0.2, 0.25) is 0 Å². The zero-order valence-electron chi connectivity index (χ0n) is 13.7. The summed E-state index contributed by atoms with van der Waals surface area (Å²) in [6, 6.07) is 7.03. The van der Waals surface area contributed by atoms with Crippen LogP contribution in [0, 0.1) is 0 Å². The molecule has 2 amide bonds. The van der Waals surface area contributed by atoms with E-state index in [1.165, 1.54) is 0 Å². The fourth-order valence-corrected chi connectivity index (χ4v) is 2.16. The molecule has 2 aliphatic heterocycles. The van der Waals surface area contributed by atoms with Crippen molar-refractivity contribution in [1.29, 1.82) is 0 Å². The molecule has 3 rings (SSSR count). The Hall–Kier alpha value is -2.64. The lowest BCUT2D eigenvalue weighted by Crippen LogP contribution is -2.16. The van der Waals surface area contributed by atoms with E-state index >= 15 is 0 Å². The molecule has 2 N–H and O–H groups in total. The third-order valence-electron chi connectivity index (χ3n) is 3.99. The van der Waals surface area contributed by atoms with Crippen LogP contribution in [0.15, 0.2) is 44.7 Å². The van der Waals surface area contributed by atoms with Crippen LogP contribution < -0.4 is 10.6 Å². The van der Waals surface area contributed by atoms with Crippen molar-refractivity contribution in [3.8, 4) is 0 Å². The van der Waals surface area contributed by atoms with E-state index in [-0.39, 0.29) is 23.1 Å². The molecule has 1 aromatic carbocycles. The van der Waals surface area contributed by atoms with Gasteiger partial charge in [0.1, 0.15) is 0 Å². The van der Waals surface area contributed by atoms with Crippen LogP contribution >= 0.6 is 0 Å². The second kappa shape index (κ2) is 6.10. The molecule has 24 heavy (non-hydrogen) atoms. The Bertz CT molecular complexity index is 637. The Kier molecular flexibility index (Phi) is 4.13. The number of anilines is 2. The second-order valence-electron chi connectivity index (χ2n) is 6.51. The average Bonchev–Trinajstić information content (AvgIpc) is 3.46. The minimum atomic E-state index is -0.358. The van der Waals surface area contributed by atoms with Crippen molar-refractivity contribution in [2.45, 2.75) is 50.9 Å². The van der Waals surface area contributed by atoms with Crippen molar-refractivity contribution in [2.24, 2.45) is 20.5 Å². The van der Waals surface area contributed by atoms with Crippen molar-refractivity contribution in [3.05, 3.63) is 24.3 Å². The van der Waals surface area contributed by atoms with Gasteiger partial charge in [0.05, 0.1) is 0 Å². The number of amides is 2. The monoisotopic (exact) mass is 328 g/mol. The number of carbonyl (C=O) groups excluding carboxylic acids is 2. The van der Waals surface area contributed by atoms with Crippen molar-refractivity contribution in [1.82, 2.24) is 0 Å². The lowest BCUT2D eigenvalue weighted by Gasteiger charge is -2.09. The molecule has 8 heteroatoms. The molecule has 0 saturated carbocycles. The molecule has 2 heterocycles. The highest BCUT2D eigenvalue weighted by atomic mass is 16.2. The summed E-state index contributed by atoms with van der Waals surface area (Å²) in [5, 5.41) is 21.2. The van der Waals surface area contributed by atoms with Gasteiger partial charge in [0.25, 0.3) is 0 Å². The summed E-state index contributed by atoms with van der Waals surface area (Å²) in [6.07, 6.45) is 1.97. The van der Waals surface area contributed by atoms with Crippen molar-refractivity contribution < 1.29 is 9.59 Å². The Balaban J connectivity index is 1.40. The predicted molar refractivity (Wildman–Crippen MR) is 88.7 cm³/mol. The van der Waals surface area contributed by atoms with Gasteiger partial charge in [-0.05, 0) is 38.1 Å². The van der Waals surface area contributed by atoms with Crippen LogP contribution in [0.3, 0.4) is 0 Å². The van der Waals surface area contributed by atoms with Crippen molar-refractivity contribution in [2.75, 3.05) is 10.6 Å². The molecule has 0 aromatic heterocycles. The van der Waals surface area contributed by atoms with Gasteiger partial charge in [-0.15, -0.1) is 0 Å². The normalized spacial score (nSPS) is 18.1. The molecule has 0 fully saturated rings. The van der Waals surface area contributed by atoms with Gasteiger partial charge in [0, 0.05) is 37.1 Å². The Morgan fingerprint density at radius 1 is 0.792 bits per heavy atom. The number of nitrogens with one attached hydrogen (secondary N) is 2. The van der Waals surface area contributed by atoms with Gasteiger partial charge in [-0.1, -0.05) is 0 Å². The topological polar surface area (TPSA) is 108 Å². The van der Waals surface area contributed by atoms with E-state index in [4.69, 9.17) is 0 Å². The number of rotatable bonds is 8. The molecule has 8 nitrogen and oxygen atoms in total. The second-order valence-corrected chi connectivity index (χ2v) is 6.51. The van der Waals surface area contributed by atoms with Crippen LogP contribution in [0.1, 0.15) is 39.5 Å². The Labute approximate surface area is 139 Å². The molecular formula is C16H20N6O2. The lowest BCUT2D eigenvalue weighted by atomic mass is 10.1. The summed E-state index contributed by atoms with van der Waals surface area (Å²) in [4.78, 5) is 23.7. The van der Waals surface area contributed by atoms with Gasteiger partial charge >= 0.3 is 0 Å². The molecule has 0 spiro atoms. The van der Waals surface area contributed by atoms with Gasteiger partial charge in [-0.25, -0.2) is 0 Å². The van der Waals surface area contributed by atoms with Gasteiger partial charge in [0.15, 0.2) is 11.3 Å². The fourth-order valence-electron chi connectivity index (χ4n) is 2.16. The minimum absolute atomic E-state index is 0.0736. The zero-order chi connectivity index (χ0) is 17.2. The van der Waals surface area contributed by atoms with E-state index in [0.717, 1.165) is 0 Å². The van der Waals surface area contributed by atoms with E-state index < -0.39 is 0 Å². The van der Waals surface area contributed by atoms with Gasteiger partial charge in [-0.2, -0.15) is 20.5 Å². The molecule has 126 valence electrons. The van der Waals surface area contributed by atoms with Gasteiger partial charge < -0.3 is 10.6 Å². The van der Waals surface area contributed by atoms with Crippen LogP contribution in [-0.2, 0) is 9.59 Å². The number of hydrogen-bond donors (Lipinski definition) is 2. The Morgan fingerprint density at radius 2 is 1.12 bits per heavy atom. The van der Waals surface area contributed by atoms with E-state index in [9.17, 15) is 9.59 Å². The van der Waals surface area contributed by atoms with Crippen LogP contribution in [0.4, 0.5) is 11.4 Å². The maximum Gasteiger partial charge on any atom is 0.224 e. The lowest BCUT2D eigenvalue weighted by molar-refractivity contribution is -0.117. The molecular weight excluding hydrogens is 308 g/mol. The highest BCUT2D eigenvalue weighted by Crippen LogP contribution is 2.32. The molecule has 0 atom stereocenters. The van der Waals surface area contributed by atoms with Crippen LogP contribution in [0.5, 0.6) is 0 Å². The summed E-state index contributed by atoms with van der Waals surface area (Å²) in [7, 11) is 0. The average molecular weight is 328 g/mol. The summed E-state index contributed by atoms with van der Waals surface area (Å²) in [6.45, 7) is 3.78. The first-order valence-corrected chi connectivity index (χ1v) is 7.94. The molecule has 0 saturated heterocycles. The maximum absolute atomic E-state index is 11.9. The number of benzene rings is 1. The summed E-state index contributed by atoms with van der Waals surface area (Å²) >= 11 is 0. The number of nitrogens with zero attached hydrogens (tertiary/aromatic N) is 4. The highest BCUT2D eigenvalue weighted by molar-refractivity contribution is 5.93. The molecule has 0 bridgehead atoms. The molecule has 1 aromatic rings. The molecule has 2 aliphatic rings. The SMILES string of the molecule is CC1(CCC(=O)Nc2ccc(NC(=O)CCC3(C)N=N3)cc2)N=N1. The minimum Gasteiger partial charge on any atom is -0.326 e. The zero-order valence-corrected chi connectivity index (χ0v) is 13.7. The first-order valence-electron chi connectivity index (χ1n) is 7.94. The Morgan fingerprint density at radius 3 is 1.42 bits per heavy atom. The first-order chi connectivity index (χ1) is 11.4. The summed E-state index contributed by atoms with van der Waals surface area (Å²) in [5.74, 6) is -0.147. The fraction of sp³-hybridized carbons (Fsp3) is 0.500. The van der Waals surface area contributed by atoms with Gasteiger partial charge in [0.2, 0.25) is 11.8 Å². The summed E-state index contributed by atoms with van der Waals surface area (Å²) in [5.41, 5.74) is 0.666. The molecule has 0 aliphatic carbocycles.